The highest BCUT2D eigenvalue weighted by Gasteiger charge is 2.22. The second-order valence-electron chi connectivity index (χ2n) is 5.33. The Balaban J connectivity index is 1.93. The summed E-state index contributed by atoms with van der Waals surface area (Å²) >= 11 is 0. The highest BCUT2D eigenvalue weighted by molar-refractivity contribution is 7.89. The van der Waals surface area contributed by atoms with E-state index in [1.807, 2.05) is 6.92 Å². The summed E-state index contributed by atoms with van der Waals surface area (Å²) in [4.78, 5) is 0.234. The zero-order chi connectivity index (χ0) is 15.3. The first-order valence-electron chi connectivity index (χ1n) is 7.40. The molecule has 2 N–H and O–H groups in total. The van der Waals surface area contributed by atoms with Crippen molar-refractivity contribution in [2.45, 2.75) is 38.1 Å². The maximum absolute atomic E-state index is 12.3. The van der Waals surface area contributed by atoms with Crippen molar-refractivity contribution >= 4 is 10.0 Å². The Bertz CT molecular complexity index is 547. The smallest absolute Gasteiger partial charge is 0.244 e. The van der Waals surface area contributed by atoms with Crippen LogP contribution in [0.1, 0.15) is 31.3 Å². The number of hydrogen-bond acceptors (Lipinski definition) is 5. The summed E-state index contributed by atoms with van der Waals surface area (Å²) in [5.74, 6) is 1.53. The molecule has 1 fully saturated rings. The van der Waals surface area contributed by atoms with Gasteiger partial charge in [0.15, 0.2) is 0 Å². The molecule has 0 bridgehead atoms. The molecular formula is C14H24N2O4S. The molecule has 1 aromatic rings. The lowest BCUT2D eigenvalue weighted by molar-refractivity contribution is 0.184. The molecule has 0 saturated carbocycles. The third-order valence-electron chi connectivity index (χ3n) is 3.63. The Morgan fingerprint density at radius 3 is 2.90 bits per heavy atom. The SMILES string of the molecule is CCNCc1cc(S(=O)(=O)NCCC2CCOC2)c(C)o1. The third kappa shape index (κ3) is 4.54. The Morgan fingerprint density at radius 1 is 1.43 bits per heavy atom. The first kappa shape index (κ1) is 16.5. The first-order chi connectivity index (χ1) is 10.0. The number of nitrogens with one attached hydrogen (secondary N) is 2. The number of aryl methyl sites for hydroxylation is 1. The Morgan fingerprint density at radius 2 is 2.24 bits per heavy atom. The first-order valence-corrected chi connectivity index (χ1v) is 8.88. The van der Waals surface area contributed by atoms with Crippen LogP contribution >= 0.6 is 0 Å². The molecular weight excluding hydrogens is 292 g/mol. The van der Waals surface area contributed by atoms with Gasteiger partial charge in [-0.05, 0) is 32.2 Å². The van der Waals surface area contributed by atoms with E-state index in [1.54, 1.807) is 13.0 Å². The van der Waals surface area contributed by atoms with Gasteiger partial charge in [-0.3, -0.25) is 0 Å². The molecule has 1 unspecified atom stereocenters. The average molecular weight is 316 g/mol. The fourth-order valence-corrected chi connectivity index (χ4v) is 3.66. The van der Waals surface area contributed by atoms with E-state index in [2.05, 4.69) is 10.0 Å². The van der Waals surface area contributed by atoms with Gasteiger partial charge in [0.1, 0.15) is 16.4 Å². The Hall–Kier alpha value is -0.890. The van der Waals surface area contributed by atoms with Crippen LogP contribution < -0.4 is 10.0 Å². The lowest BCUT2D eigenvalue weighted by atomic mass is 10.1. The van der Waals surface area contributed by atoms with Crippen LogP contribution in [0.25, 0.3) is 0 Å². The molecule has 1 saturated heterocycles. The van der Waals surface area contributed by atoms with Gasteiger partial charge < -0.3 is 14.5 Å². The summed E-state index contributed by atoms with van der Waals surface area (Å²) in [5, 5.41) is 3.11. The molecule has 7 heteroatoms. The predicted octanol–water partition coefficient (Wildman–Crippen LogP) is 1.40. The summed E-state index contributed by atoms with van der Waals surface area (Å²) < 4.78 is 38.0. The van der Waals surface area contributed by atoms with Crippen LogP contribution in [0.4, 0.5) is 0 Å². The van der Waals surface area contributed by atoms with Gasteiger partial charge in [0, 0.05) is 25.8 Å². The minimum Gasteiger partial charge on any atom is -0.464 e. The second kappa shape index (κ2) is 7.40. The maximum Gasteiger partial charge on any atom is 0.244 e. The molecule has 0 amide bonds. The molecule has 1 atom stereocenters. The van der Waals surface area contributed by atoms with Crippen LogP contribution in [0.3, 0.4) is 0 Å². The highest BCUT2D eigenvalue weighted by Crippen LogP contribution is 2.20. The summed E-state index contributed by atoms with van der Waals surface area (Å²) in [6, 6.07) is 1.60. The fourth-order valence-electron chi connectivity index (χ4n) is 2.41. The van der Waals surface area contributed by atoms with E-state index in [0.717, 1.165) is 32.6 Å². The average Bonchev–Trinajstić information content (AvgIpc) is 3.06. The van der Waals surface area contributed by atoms with Gasteiger partial charge in [0.05, 0.1) is 6.54 Å². The van der Waals surface area contributed by atoms with Gasteiger partial charge in [-0.1, -0.05) is 6.92 Å². The van der Waals surface area contributed by atoms with E-state index in [0.29, 0.717) is 30.5 Å². The van der Waals surface area contributed by atoms with E-state index in [1.165, 1.54) is 0 Å². The Kier molecular flexibility index (Phi) is 5.80. The summed E-state index contributed by atoms with van der Waals surface area (Å²) in [6.07, 6.45) is 1.82. The van der Waals surface area contributed by atoms with Crippen molar-refractivity contribution < 1.29 is 17.6 Å². The molecule has 6 nitrogen and oxygen atoms in total. The van der Waals surface area contributed by atoms with Crippen molar-refractivity contribution in [2.24, 2.45) is 5.92 Å². The van der Waals surface area contributed by atoms with Crippen molar-refractivity contribution in [3.8, 4) is 0 Å². The van der Waals surface area contributed by atoms with Crippen LogP contribution in [0.5, 0.6) is 0 Å². The molecule has 1 aliphatic rings. The van der Waals surface area contributed by atoms with Crippen molar-refractivity contribution in [1.82, 2.24) is 10.0 Å². The monoisotopic (exact) mass is 316 g/mol. The lowest BCUT2D eigenvalue weighted by Crippen LogP contribution is -2.26. The molecule has 21 heavy (non-hydrogen) atoms. The van der Waals surface area contributed by atoms with E-state index in [-0.39, 0.29) is 4.90 Å². The molecule has 0 aliphatic carbocycles. The van der Waals surface area contributed by atoms with Gasteiger partial charge in [-0.15, -0.1) is 0 Å². The molecule has 0 radical (unpaired) electrons. The van der Waals surface area contributed by atoms with Crippen molar-refractivity contribution in [3.63, 3.8) is 0 Å². The van der Waals surface area contributed by atoms with Crippen LogP contribution in [-0.2, 0) is 21.3 Å². The third-order valence-corrected chi connectivity index (χ3v) is 5.20. The predicted molar refractivity (Wildman–Crippen MR) is 79.6 cm³/mol. The maximum atomic E-state index is 12.3. The minimum absolute atomic E-state index is 0.234. The quantitative estimate of drug-likeness (QED) is 0.758. The zero-order valence-electron chi connectivity index (χ0n) is 12.6. The highest BCUT2D eigenvalue weighted by atomic mass is 32.2. The summed E-state index contributed by atoms with van der Waals surface area (Å²) in [5.41, 5.74) is 0. The lowest BCUT2D eigenvalue weighted by Gasteiger charge is -2.08. The second-order valence-corrected chi connectivity index (χ2v) is 7.06. The summed E-state index contributed by atoms with van der Waals surface area (Å²) in [7, 11) is -3.50. The number of rotatable bonds is 8. The number of furan rings is 1. The van der Waals surface area contributed by atoms with E-state index < -0.39 is 10.0 Å². The van der Waals surface area contributed by atoms with E-state index in [4.69, 9.17) is 9.15 Å². The normalized spacial score (nSPS) is 19.2. The number of sulfonamides is 1. The topological polar surface area (TPSA) is 80.6 Å². The molecule has 2 heterocycles. The van der Waals surface area contributed by atoms with Crippen molar-refractivity contribution in [3.05, 3.63) is 17.6 Å². The largest absolute Gasteiger partial charge is 0.464 e. The van der Waals surface area contributed by atoms with Crippen LogP contribution in [0.15, 0.2) is 15.4 Å². The summed E-state index contributed by atoms with van der Waals surface area (Å²) in [6.45, 7) is 6.96. The van der Waals surface area contributed by atoms with Gasteiger partial charge >= 0.3 is 0 Å². The van der Waals surface area contributed by atoms with Gasteiger partial charge in [-0.2, -0.15) is 0 Å². The molecule has 2 rings (SSSR count). The number of hydrogen-bond donors (Lipinski definition) is 2. The molecule has 120 valence electrons. The fraction of sp³-hybridized carbons (Fsp3) is 0.714. The van der Waals surface area contributed by atoms with Crippen molar-refractivity contribution in [2.75, 3.05) is 26.3 Å². The minimum atomic E-state index is -3.50. The Labute approximate surface area is 126 Å². The van der Waals surface area contributed by atoms with Crippen molar-refractivity contribution in [1.29, 1.82) is 0 Å². The van der Waals surface area contributed by atoms with Gasteiger partial charge in [-0.25, -0.2) is 13.1 Å². The molecule has 0 spiro atoms. The molecule has 1 aromatic heterocycles. The van der Waals surface area contributed by atoms with Crippen LogP contribution in [0.2, 0.25) is 0 Å². The zero-order valence-corrected chi connectivity index (χ0v) is 13.5. The van der Waals surface area contributed by atoms with Crippen LogP contribution in [-0.4, -0.2) is 34.7 Å². The molecule has 1 aliphatic heterocycles. The van der Waals surface area contributed by atoms with Crippen LogP contribution in [0, 0.1) is 12.8 Å². The van der Waals surface area contributed by atoms with E-state index >= 15 is 0 Å². The van der Waals surface area contributed by atoms with Gasteiger partial charge in [0.2, 0.25) is 10.0 Å². The van der Waals surface area contributed by atoms with E-state index in [9.17, 15) is 8.42 Å². The molecule has 0 aromatic carbocycles. The van der Waals surface area contributed by atoms with Gasteiger partial charge in [0.25, 0.3) is 0 Å². The number of ether oxygens (including phenoxy) is 1. The standard InChI is InChI=1S/C14H24N2O4S/c1-3-15-9-13-8-14(11(2)20-13)21(17,18)16-6-4-12-5-7-19-10-12/h8,12,15-16H,3-7,9-10H2,1-2H3.